The van der Waals surface area contributed by atoms with Gasteiger partial charge in [0.05, 0.1) is 7.11 Å². The van der Waals surface area contributed by atoms with Crippen LogP contribution in [-0.4, -0.2) is 12.3 Å². The number of methoxy groups -OCH3 is 1. The Bertz CT molecular complexity index is 526. The fourth-order valence-corrected chi connectivity index (χ4v) is 1.31. The van der Waals surface area contributed by atoms with Gasteiger partial charge in [-0.2, -0.15) is 0 Å². The lowest BCUT2D eigenvalue weighted by Gasteiger charge is -2.06. The van der Waals surface area contributed by atoms with Crippen LogP contribution in [0.25, 0.3) is 11.3 Å². The lowest BCUT2D eigenvalue weighted by atomic mass is 10.1. The Morgan fingerprint density at radius 1 is 1.25 bits per heavy atom. The third kappa shape index (κ3) is 1.69. The molecule has 2 aromatic rings. The molecule has 0 aliphatic carbocycles. The van der Waals surface area contributed by atoms with Crippen LogP contribution in [0.3, 0.4) is 0 Å². The van der Waals surface area contributed by atoms with Crippen LogP contribution in [0.5, 0.6) is 5.75 Å². The van der Waals surface area contributed by atoms with Gasteiger partial charge in [-0.05, 0) is 6.07 Å². The van der Waals surface area contributed by atoms with Crippen LogP contribution >= 0.6 is 0 Å². The highest BCUT2D eigenvalue weighted by molar-refractivity contribution is 5.68. The van der Waals surface area contributed by atoms with Crippen LogP contribution in [0.2, 0.25) is 0 Å². The summed E-state index contributed by atoms with van der Waals surface area (Å²) in [6.07, 6.45) is 0. The minimum atomic E-state index is -0.989. The van der Waals surface area contributed by atoms with Gasteiger partial charge in [0.15, 0.2) is 11.6 Å². The first-order valence-corrected chi connectivity index (χ1v) is 4.37. The van der Waals surface area contributed by atoms with E-state index < -0.39 is 11.6 Å². The number of hydrogen-bond donors (Lipinski definition) is 1. The molecule has 2 rings (SSSR count). The van der Waals surface area contributed by atoms with E-state index in [9.17, 15) is 8.78 Å². The SMILES string of the molecule is COc1cc(F)c(F)cc1-c1cc(N)on1. The van der Waals surface area contributed by atoms with Crippen LogP contribution in [0.4, 0.5) is 14.7 Å². The van der Waals surface area contributed by atoms with Crippen LogP contribution in [0, 0.1) is 11.6 Å². The van der Waals surface area contributed by atoms with Gasteiger partial charge >= 0.3 is 0 Å². The second kappa shape index (κ2) is 3.80. The number of nitrogens with two attached hydrogens (primary N) is 1. The van der Waals surface area contributed by atoms with Gasteiger partial charge in [-0.15, -0.1) is 0 Å². The number of ether oxygens (including phenoxy) is 1. The molecule has 0 amide bonds. The molecule has 4 nitrogen and oxygen atoms in total. The molecule has 1 heterocycles. The van der Waals surface area contributed by atoms with Gasteiger partial charge in [-0.3, -0.25) is 0 Å². The van der Waals surface area contributed by atoms with Crippen molar-refractivity contribution >= 4 is 5.88 Å². The third-order valence-electron chi connectivity index (χ3n) is 2.05. The second-order valence-electron chi connectivity index (χ2n) is 3.08. The highest BCUT2D eigenvalue weighted by atomic mass is 19.2. The number of rotatable bonds is 2. The topological polar surface area (TPSA) is 61.3 Å². The fraction of sp³-hybridized carbons (Fsp3) is 0.100. The van der Waals surface area contributed by atoms with Crippen LogP contribution in [0.1, 0.15) is 0 Å². The normalized spacial score (nSPS) is 10.4. The molecule has 0 radical (unpaired) electrons. The summed E-state index contributed by atoms with van der Waals surface area (Å²) in [5.74, 6) is -1.73. The predicted molar refractivity (Wildman–Crippen MR) is 52.8 cm³/mol. The van der Waals surface area contributed by atoms with Crippen LogP contribution < -0.4 is 10.5 Å². The molecule has 0 saturated heterocycles. The molecule has 6 heteroatoms. The van der Waals surface area contributed by atoms with Crippen molar-refractivity contribution in [2.24, 2.45) is 0 Å². The standard InChI is InChI=1S/C10H8F2N2O2/c1-15-9-3-7(12)6(11)2-5(9)8-4-10(13)16-14-8/h2-4H,13H2,1H3. The van der Waals surface area contributed by atoms with E-state index in [4.69, 9.17) is 10.5 Å². The Morgan fingerprint density at radius 3 is 2.50 bits per heavy atom. The number of nitrogen functional groups attached to an aromatic ring is 1. The number of hydrogen-bond acceptors (Lipinski definition) is 4. The number of halogens is 2. The molecular formula is C10H8F2N2O2. The highest BCUT2D eigenvalue weighted by Gasteiger charge is 2.15. The maximum Gasteiger partial charge on any atom is 0.222 e. The van der Waals surface area contributed by atoms with E-state index in [-0.39, 0.29) is 22.9 Å². The van der Waals surface area contributed by atoms with Crippen LogP contribution in [0.15, 0.2) is 22.7 Å². The average molecular weight is 226 g/mol. The molecule has 16 heavy (non-hydrogen) atoms. The van der Waals surface area contributed by atoms with Gasteiger partial charge in [0.2, 0.25) is 5.88 Å². The van der Waals surface area contributed by atoms with Crippen molar-refractivity contribution < 1.29 is 18.0 Å². The number of nitrogens with zero attached hydrogens (tertiary/aromatic N) is 1. The Hall–Kier alpha value is -2.11. The van der Waals surface area contributed by atoms with E-state index >= 15 is 0 Å². The summed E-state index contributed by atoms with van der Waals surface area (Å²) >= 11 is 0. The highest BCUT2D eigenvalue weighted by Crippen LogP contribution is 2.31. The molecule has 0 fully saturated rings. The molecule has 0 aliphatic rings. The van der Waals surface area contributed by atoms with E-state index in [1.165, 1.54) is 13.2 Å². The molecule has 1 aromatic heterocycles. The summed E-state index contributed by atoms with van der Waals surface area (Å²) in [5.41, 5.74) is 5.90. The summed E-state index contributed by atoms with van der Waals surface area (Å²) < 4.78 is 35.6. The van der Waals surface area contributed by atoms with E-state index in [1.54, 1.807) is 0 Å². The molecular weight excluding hydrogens is 218 g/mol. The van der Waals surface area contributed by atoms with Crippen molar-refractivity contribution in [3.8, 4) is 17.0 Å². The zero-order chi connectivity index (χ0) is 11.7. The molecule has 0 unspecified atom stereocenters. The molecule has 0 saturated carbocycles. The Morgan fingerprint density at radius 2 is 1.94 bits per heavy atom. The minimum Gasteiger partial charge on any atom is -0.496 e. The maximum absolute atomic E-state index is 13.1. The zero-order valence-corrected chi connectivity index (χ0v) is 8.33. The lowest BCUT2D eigenvalue weighted by molar-refractivity contribution is 0.406. The van der Waals surface area contributed by atoms with Crippen molar-refractivity contribution in [1.29, 1.82) is 0 Å². The van der Waals surface area contributed by atoms with E-state index in [2.05, 4.69) is 9.68 Å². The van der Waals surface area contributed by atoms with Crippen LogP contribution in [-0.2, 0) is 0 Å². The quantitative estimate of drug-likeness (QED) is 0.852. The van der Waals surface area contributed by atoms with E-state index in [1.807, 2.05) is 0 Å². The van der Waals surface area contributed by atoms with Crippen molar-refractivity contribution in [3.05, 3.63) is 29.8 Å². The first-order valence-electron chi connectivity index (χ1n) is 4.37. The second-order valence-corrected chi connectivity index (χ2v) is 3.08. The van der Waals surface area contributed by atoms with Gasteiger partial charge in [0.1, 0.15) is 11.4 Å². The number of benzene rings is 1. The predicted octanol–water partition coefficient (Wildman–Crippen LogP) is 2.21. The molecule has 2 N–H and O–H groups in total. The summed E-state index contributed by atoms with van der Waals surface area (Å²) in [7, 11) is 1.35. The largest absolute Gasteiger partial charge is 0.496 e. The minimum absolute atomic E-state index is 0.0850. The van der Waals surface area contributed by atoms with Gasteiger partial charge in [-0.25, -0.2) is 8.78 Å². The first-order chi connectivity index (χ1) is 7.61. The summed E-state index contributed by atoms with van der Waals surface area (Å²) in [6.45, 7) is 0. The monoisotopic (exact) mass is 226 g/mol. The van der Waals surface area contributed by atoms with E-state index in [0.29, 0.717) is 0 Å². The molecule has 0 atom stereocenters. The van der Waals surface area contributed by atoms with Gasteiger partial charge < -0.3 is 15.0 Å². The van der Waals surface area contributed by atoms with Gasteiger partial charge in [0.25, 0.3) is 0 Å². The van der Waals surface area contributed by atoms with Crippen molar-refractivity contribution in [1.82, 2.24) is 5.16 Å². The smallest absolute Gasteiger partial charge is 0.222 e. The molecule has 84 valence electrons. The number of aromatic nitrogens is 1. The molecule has 0 aliphatic heterocycles. The summed E-state index contributed by atoms with van der Waals surface area (Å²) in [5, 5.41) is 3.60. The van der Waals surface area contributed by atoms with Crippen molar-refractivity contribution in [3.63, 3.8) is 0 Å². The fourth-order valence-electron chi connectivity index (χ4n) is 1.31. The van der Waals surface area contributed by atoms with Gasteiger partial charge in [-0.1, -0.05) is 5.16 Å². The number of anilines is 1. The molecule has 1 aromatic carbocycles. The Labute approximate surface area is 89.6 Å². The molecule has 0 spiro atoms. The summed E-state index contributed by atoms with van der Waals surface area (Å²) in [4.78, 5) is 0. The summed E-state index contributed by atoms with van der Waals surface area (Å²) in [6, 6.07) is 3.32. The van der Waals surface area contributed by atoms with Gasteiger partial charge in [0, 0.05) is 17.7 Å². The van der Waals surface area contributed by atoms with Crippen molar-refractivity contribution in [2.45, 2.75) is 0 Å². The lowest BCUT2D eigenvalue weighted by Crippen LogP contribution is -1.92. The first kappa shape index (κ1) is 10.4. The molecule has 0 bridgehead atoms. The van der Waals surface area contributed by atoms with E-state index in [0.717, 1.165) is 12.1 Å². The zero-order valence-electron chi connectivity index (χ0n) is 8.33. The maximum atomic E-state index is 13.1. The third-order valence-corrected chi connectivity index (χ3v) is 2.05. The Kier molecular flexibility index (Phi) is 2.47. The van der Waals surface area contributed by atoms with Crippen molar-refractivity contribution in [2.75, 3.05) is 12.8 Å². The average Bonchev–Trinajstić information content (AvgIpc) is 2.68. The Balaban J connectivity index is 2.59.